The number of rotatable bonds is 5. The van der Waals surface area contributed by atoms with Crippen LogP contribution in [0.15, 0.2) is 24.3 Å². The molecule has 0 aliphatic carbocycles. The van der Waals surface area contributed by atoms with Gasteiger partial charge in [0, 0.05) is 19.0 Å². The van der Waals surface area contributed by atoms with Crippen molar-refractivity contribution in [2.24, 2.45) is 5.92 Å². The first-order chi connectivity index (χ1) is 12.1. The van der Waals surface area contributed by atoms with Crippen molar-refractivity contribution in [1.82, 2.24) is 4.98 Å². The number of ether oxygens (including phenoxy) is 2. The zero-order chi connectivity index (χ0) is 17.8. The second-order valence-electron chi connectivity index (χ2n) is 5.80. The summed E-state index contributed by atoms with van der Waals surface area (Å²) in [6, 6.07) is 7.46. The topological polar surface area (TPSA) is 51.7 Å². The number of carbonyl (C=O) groups excluding carboxylic acids is 1. The Hall–Kier alpha value is -1.50. The van der Waals surface area contributed by atoms with Crippen LogP contribution in [0, 0.1) is 5.92 Å². The van der Waals surface area contributed by atoms with Gasteiger partial charge in [0.2, 0.25) is 0 Å². The van der Waals surface area contributed by atoms with E-state index >= 15 is 0 Å². The second-order valence-corrected chi connectivity index (χ2v) is 7.55. The maximum atomic E-state index is 11.7. The van der Waals surface area contributed by atoms with Gasteiger partial charge in [-0.15, -0.1) is 0 Å². The summed E-state index contributed by atoms with van der Waals surface area (Å²) < 4.78 is 10.6. The minimum Gasteiger partial charge on any atom is -0.492 e. The molecule has 0 radical (unpaired) electrons. The molecule has 1 aliphatic rings. The van der Waals surface area contributed by atoms with Gasteiger partial charge in [-0.3, -0.25) is 0 Å². The van der Waals surface area contributed by atoms with Crippen LogP contribution in [0.25, 0.3) is 0 Å². The zero-order valence-corrected chi connectivity index (χ0v) is 16.0. The average molecular weight is 401 g/mol. The van der Waals surface area contributed by atoms with Crippen molar-refractivity contribution in [3.8, 4) is 5.75 Å². The highest BCUT2D eigenvalue weighted by Crippen LogP contribution is 2.33. The lowest BCUT2D eigenvalue weighted by Crippen LogP contribution is -2.37. The molecule has 134 valence electrons. The van der Waals surface area contributed by atoms with Crippen LogP contribution in [-0.2, 0) is 4.74 Å². The lowest BCUT2D eigenvalue weighted by Gasteiger charge is -2.32. The molecule has 1 unspecified atom stereocenters. The Kier molecular flexibility index (Phi) is 6.04. The molecular weight excluding hydrogens is 383 g/mol. The minimum absolute atomic E-state index is 0.196. The molecule has 0 spiro atoms. The number of benzene rings is 1. The molecule has 0 saturated carbocycles. The van der Waals surface area contributed by atoms with Crippen LogP contribution < -0.4 is 9.64 Å². The summed E-state index contributed by atoms with van der Waals surface area (Å²) in [6.07, 6.45) is 2.10. The van der Waals surface area contributed by atoms with E-state index in [0.717, 1.165) is 31.1 Å². The summed E-state index contributed by atoms with van der Waals surface area (Å²) in [6.45, 7) is 2.27. The summed E-state index contributed by atoms with van der Waals surface area (Å²) in [4.78, 5) is 18.5. The van der Waals surface area contributed by atoms with Gasteiger partial charge in [0.25, 0.3) is 0 Å². The van der Waals surface area contributed by atoms with Crippen molar-refractivity contribution in [3.05, 3.63) is 39.3 Å². The van der Waals surface area contributed by atoms with Crippen molar-refractivity contribution < 1.29 is 14.3 Å². The molecule has 5 nitrogen and oxygen atoms in total. The number of nitrogens with zero attached hydrogens (tertiary/aromatic N) is 2. The first-order valence-electron chi connectivity index (χ1n) is 7.95. The fraction of sp³-hybridized carbons (Fsp3) is 0.412. The van der Waals surface area contributed by atoms with E-state index in [9.17, 15) is 4.79 Å². The summed E-state index contributed by atoms with van der Waals surface area (Å²) >= 11 is 13.5. The van der Waals surface area contributed by atoms with Gasteiger partial charge in [0.15, 0.2) is 15.2 Å². The number of aromatic nitrogens is 1. The number of thiazole rings is 1. The highest BCUT2D eigenvalue weighted by Gasteiger charge is 2.26. The molecule has 1 aromatic carbocycles. The van der Waals surface area contributed by atoms with Gasteiger partial charge in [-0.05, 0) is 25.0 Å². The molecule has 1 aromatic heterocycles. The van der Waals surface area contributed by atoms with Gasteiger partial charge in [0.05, 0.1) is 18.7 Å². The largest absolute Gasteiger partial charge is 0.492 e. The molecule has 0 N–H and O–H groups in total. The van der Waals surface area contributed by atoms with E-state index in [1.54, 1.807) is 0 Å². The predicted molar refractivity (Wildman–Crippen MR) is 100 cm³/mol. The van der Waals surface area contributed by atoms with Gasteiger partial charge in [-0.1, -0.05) is 46.7 Å². The maximum Gasteiger partial charge on any atom is 0.351 e. The van der Waals surface area contributed by atoms with Crippen LogP contribution in [0.2, 0.25) is 10.2 Å². The number of halogens is 2. The molecule has 0 bridgehead atoms. The number of hydrogen-bond acceptors (Lipinski definition) is 6. The third-order valence-electron chi connectivity index (χ3n) is 4.05. The van der Waals surface area contributed by atoms with E-state index in [2.05, 4.69) is 9.88 Å². The summed E-state index contributed by atoms with van der Waals surface area (Å²) in [5.74, 6) is 0.602. The van der Waals surface area contributed by atoms with E-state index in [-0.39, 0.29) is 5.15 Å². The lowest BCUT2D eigenvalue weighted by atomic mass is 9.99. The smallest absolute Gasteiger partial charge is 0.351 e. The molecule has 25 heavy (non-hydrogen) atoms. The Labute approximate surface area is 160 Å². The predicted octanol–water partition coefficient (Wildman–Crippen LogP) is 4.53. The molecule has 1 saturated heterocycles. The summed E-state index contributed by atoms with van der Waals surface area (Å²) in [5.41, 5.74) is 0. The Balaban J connectivity index is 1.63. The van der Waals surface area contributed by atoms with Gasteiger partial charge in [-0.2, -0.15) is 0 Å². The van der Waals surface area contributed by atoms with Crippen LogP contribution in [0.1, 0.15) is 22.5 Å². The zero-order valence-electron chi connectivity index (χ0n) is 13.7. The van der Waals surface area contributed by atoms with E-state index in [1.165, 1.54) is 18.4 Å². The SMILES string of the molecule is COC(=O)c1sc(N2CCCC(COc3ccccc3Cl)C2)nc1Cl. The van der Waals surface area contributed by atoms with Crippen LogP contribution >= 0.6 is 34.5 Å². The fourth-order valence-electron chi connectivity index (χ4n) is 2.79. The molecule has 8 heteroatoms. The minimum atomic E-state index is -0.454. The Morgan fingerprint density at radius 2 is 2.20 bits per heavy atom. The highest BCUT2D eigenvalue weighted by molar-refractivity contribution is 7.18. The molecular formula is C17H18Cl2N2O3S. The fourth-order valence-corrected chi connectivity index (χ4v) is 4.21. The number of esters is 1. The third-order valence-corrected chi connectivity index (χ3v) is 5.84. The molecule has 2 heterocycles. The van der Waals surface area contributed by atoms with Crippen molar-refractivity contribution >= 4 is 45.6 Å². The van der Waals surface area contributed by atoms with E-state index in [1.807, 2.05) is 24.3 Å². The van der Waals surface area contributed by atoms with Crippen molar-refractivity contribution in [2.75, 3.05) is 31.7 Å². The number of hydrogen-bond donors (Lipinski definition) is 0. The molecule has 1 fully saturated rings. The van der Waals surface area contributed by atoms with Crippen LogP contribution in [0.3, 0.4) is 0 Å². The summed E-state index contributed by atoms with van der Waals surface area (Å²) in [7, 11) is 1.33. The van der Waals surface area contributed by atoms with E-state index < -0.39 is 5.97 Å². The lowest BCUT2D eigenvalue weighted by molar-refractivity contribution is 0.0606. The van der Waals surface area contributed by atoms with Gasteiger partial charge >= 0.3 is 5.97 Å². The van der Waals surface area contributed by atoms with Crippen LogP contribution in [0.5, 0.6) is 5.75 Å². The first kappa shape index (κ1) is 18.3. The van der Waals surface area contributed by atoms with Crippen LogP contribution in [0.4, 0.5) is 5.13 Å². The van der Waals surface area contributed by atoms with Gasteiger partial charge in [0.1, 0.15) is 5.75 Å². The number of para-hydroxylation sites is 1. The number of methoxy groups -OCH3 is 1. The second kappa shape index (κ2) is 8.25. The Morgan fingerprint density at radius 1 is 1.40 bits per heavy atom. The Morgan fingerprint density at radius 3 is 2.96 bits per heavy atom. The number of anilines is 1. The molecule has 2 aromatic rings. The number of piperidine rings is 1. The van der Waals surface area contributed by atoms with E-state index in [4.69, 9.17) is 32.7 Å². The van der Waals surface area contributed by atoms with Crippen LogP contribution in [-0.4, -0.2) is 37.8 Å². The normalized spacial score (nSPS) is 17.4. The van der Waals surface area contributed by atoms with E-state index in [0.29, 0.717) is 28.2 Å². The van der Waals surface area contributed by atoms with Crippen molar-refractivity contribution in [3.63, 3.8) is 0 Å². The monoisotopic (exact) mass is 400 g/mol. The quantitative estimate of drug-likeness (QED) is 0.689. The summed E-state index contributed by atoms with van der Waals surface area (Å²) in [5, 5.41) is 1.55. The maximum absolute atomic E-state index is 11.7. The van der Waals surface area contributed by atoms with Gasteiger partial charge < -0.3 is 14.4 Å². The molecule has 3 rings (SSSR count). The molecule has 0 amide bonds. The van der Waals surface area contributed by atoms with Gasteiger partial charge in [-0.25, -0.2) is 9.78 Å². The number of carbonyl (C=O) groups is 1. The van der Waals surface area contributed by atoms with Crippen molar-refractivity contribution in [2.45, 2.75) is 12.8 Å². The van der Waals surface area contributed by atoms with Crippen molar-refractivity contribution in [1.29, 1.82) is 0 Å². The molecule has 1 aliphatic heterocycles. The third kappa shape index (κ3) is 4.37. The Bertz CT molecular complexity index is 753. The average Bonchev–Trinajstić information content (AvgIpc) is 3.02. The standard InChI is InChI=1S/C17H18Cl2N2O3S/c1-23-16(22)14-15(19)20-17(25-14)21-8-4-5-11(9-21)10-24-13-7-3-2-6-12(13)18/h2-3,6-7,11H,4-5,8-10H2,1H3. The molecule has 1 atom stereocenters. The highest BCUT2D eigenvalue weighted by atomic mass is 35.5. The first-order valence-corrected chi connectivity index (χ1v) is 9.52.